The zero-order valence-corrected chi connectivity index (χ0v) is 8.43. The summed E-state index contributed by atoms with van der Waals surface area (Å²) in [6.45, 7) is 0. The number of nitrogens with zero attached hydrogens (tertiary/aromatic N) is 1. The molecule has 0 aliphatic heterocycles. The summed E-state index contributed by atoms with van der Waals surface area (Å²) in [5.41, 5.74) is 0. The minimum atomic E-state index is 0. The van der Waals surface area contributed by atoms with Crippen LogP contribution in [0.5, 0.6) is 0 Å². The van der Waals surface area contributed by atoms with Gasteiger partial charge in [0.2, 0.25) is 0 Å². The van der Waals surface area contributed by atoms with Gasteiger partial charge in [0.15, 0.2) is 0 Å². The molecular formula is C5H8N2Pb. The van der Waals surface area contributed by atoms with Gasteiger partial charge in [0, 0.05) is 39.7 Å². The zero-order chi connectivity index (χ0) is 4.24. The molecule has 8 heavy (non-hydrogen) atoms. The molecule has 0 saturated carbocycles. The van der Waals surface area contributed by atoms with Gasteiger partial charge in [-0.25, -0.2) is 0 Å². The number of aromatic nitrogens is 1. The van der Waals surface area contributed by atoms with Crippen molar-refractivity contribution >= 4 is 27.3 Å². The molecule has 0 unspecified atom stereocenters. The molecule has 0 bridgehead atoms. The first-order chi connectivity index (χ1) is 3.00. The Labute approximate surface area is 69.1 Å². The van der Waals surface area contributed by atoms with Crippen molar-refractivity contribution in [3.8, 4) is 0 Å². The average Bonchev–Trinajstić information content (AvgIpc) is 1.72. The van der Waals surface area contributed by atoms with Gasteiger partial charge in [0.25, 0.3) is 0 Å². The molecule has 3 heteroatoms. The number of pyridine rings is 1. The van der Waals surface area contributed by atoms with E-state index in [4.69, 9.17) is 0 Å². The summed E-state index contributed by atoms with van der Waals surface area (Å²) in [6.07, 6.45) is 3.50. The normalized spacial score (nSPS) is 6.00. The van der Waals surface area contributed by atoms with Crippen LogP contribution in [-0.2, 0) is 0 Å². The third-order valence-electron chi connectivity index (χ3n) is 0.566. The Hall–Kier alpha value is 0.0321. The van der Waals surface area contributed by atoms with Crippen molar-refractivity contribution in [1.29, 1.82) is 0 Å². The maximum Gasteiger partial charge on any atom is 0.0267 e. The Morgan fingerprint density at radius 1 is 0.875 bits per heavy atom. The maximum absolute atomic E-state index is 3.78. The van der Waals surface area contributed by atoms with Crippen molar-refractivity contribution in [3.63, 3.8) is 0 Å². The van der Waals surface area contributed by atoms with E-state index in [-0.39, 0.29) is 33.4 Å². The topological polar surface area (TPSA) is 47.9 Å². The van der Waals surface area contributed by atoms with Gasteiger partial charge >= 0.3 is 0 Å². The third kappa shape index (κ3) is 4.20. The van der Waals surface area contributed by atoms with Crippen LogP contribution in [0.3, 0.4) is 0 Å². The number of hydrogen-bond acceptors (Lipinski definition) is 2. The molecule has 0 saturated heterocycles. The first-order valence-electron chi connectivity index (χ1n) is 1.85. The molecule has 42 valence electrons. The fourth-order valence-electron chi connectivity index (χ4n) is 0.313. The van der Waals surface area contributed by atoms with Crippen molar-refractivity contribution in [1.82, 2.24) is 11.1 Å². The van der Waals surface area contributed by atoms with Crippen LogP contribution in [0.25, 0.3) is 0 Å². The molecule has 4 radical (unpaired) electrons. The van der Waals surface area contributed by atoms with Gasteiger partial charge in [0.1, 0.15) is 0 Å². The van der Waals surface area contributed by atoms with E-state index >= 15 is 0 Å². The van der Waals surface area contributed by atoms with Crippen LogP contribution >= 0.6 is 0 Å². The Bertz CT molecular complexity index is 82.4. The SMILES string of the molecule is N.[Pb].c1ccncc1. The predicted octanol–water partition coefficient (Wildman–Crippen LogP) is 0.863. The van der Waals surface area contributed by atoms with E-state index in [0.29, 0.717) is 0 Å². The van der Waals surface area contributed by atoms with E-state index in [1.54, 1.807) is 12.4 Å². The number of hydrogen-bond donors (Lipinski definition) is 1. The Balaban J connectivity index is 0. The van der Waals surface area contributed by atoms with Crippen molar-refractivity contribution in [3.05, 3.63) is 30.6 Å². The molecule has 0 amide bonds. The number of rotatable bonds is 0. The fourth-order valence-corrected chi connectivity index (χ4v) is 0.313. The Morgan fingerprint density at radius 3 is 1.50 bits per heavy atom. The molecular weight excluding hydrogens is 295 g/mol. The fraction of sp³-hybridized carbons (Fsp3) is 0. The Morgan fingerprint density at radius 2 is 1.38 bits per heavy atom. The summed E-state index contributed by atoms with van der Waals surface area (Å²) in [4.78, 5) is 3.78. The molecule has 1 rings (SSSR count). The van der Waals surface area contributed by atoms with E-state index < -0.39 is 0 Å². The zero-order valence-electron chi connectivity index (χ0n) is 4.54. The van der Waals surface area contributed by atoms with E-state index in [1.807, 2.05) is 18.2 Å². The quantitative estimate of drug-likeness (QED) is 0.723. The molecule has 0 aromatic carbocycles. The van der Waals surface area contributed by atoms with Gasteiger partial charge in [-0.15, -0.1) is 0 Å². The maximum atomic E-state index is 3.78. The standard InChI is InChI=1S/C5H5N.H3N.Pb/c1-2-4-6-5-3-1;;/h1-5H;1H3;. The van der Waals surface area contributed by atoms with Crippen LogP contribution < -0.4 is 6.15 Å². The molecule has 1 aromatic heterocycles. The van der Waals surface area contributed by atoms with Crippen LogP contribution in [-0.4, -0.2) is 32.3 Å². The summed E-state index contributed by atoms with van der Waals surface area (Å²) in [6, 6.07) is 5.72. The van der Waals surface area contributed by atoms with Gasteiger partial charge in [0.05, 0.1) is 0 Å². The summed E-state index contributed by atoms with van der Waals surface area (Å²) in [5.74, 6) is 0. The van der Waals surface area contributed by atoms with Crippen LogP contribution in [0.1, 0.15) is 0 Å². The second-order valence-electron chi connectivity index (χ2n) is 1.02. The van der Waals surface area contributed by atoms with Gasteiger partial charge in [-0.05, 0) is 12.1 Å². The first-order valence-corrected chi connectivity index (χ1v) is 1.85. The van der Waals surface area contributed by atoms with Gasteiger partial charge in [-0.1, -0.05) is 6.07 Å². The van der Waals surface area contributed by atoms with Crippen molar-refractivity contribution < 1.29 is 0 Å². The smallest absolute Gasteiger partial charge is 0.0267 e. The van der Waals surface area contributed by atoms with Crippen molar-refractivity contribution in [2.75, 3.05) is 0 Å². The minimum absolute atomic E-state index is 0. The third-order valence-corrected chi connectivity index (χ3v) is 0.566. The van der Waals surface area contributed by atoms with Crippen LogP contribution in [0.4, 0.5) is 0 Å². The Kier molecular flexibility index (Phi) is 9.60. The largest absolute Gasteiger partial charge is 0.344 e. The summed E-state index contributed by atoms with van der Waals surface area (Å²) in [7, 11) is 0. The van der Waals surface area contributed by atoms with E-state index in [0.717, 1.165) is 0 Å². The van der Waals surface area contributed by atoms with Crippen LogP contribution in [0.2, 0.25) is 0 Å². The molecule has 1 aromatic rings. The van der Waals surface area contributed by atoms with Gasteiger partial charge in [-0.2, -0.15) is 0 Å². The van der Waals surface area contributed by atoms with Gasteiger partial charge in [-0.3, -0.25) is 4.98 Å². The molecule has 2 nitrogen and oxygen atoms in total. The molecule has 0 fully saturated rings. The monoisotopic (exact) mass is 304 g/mol. The predicted molar refractivity (Wildman–Crippen MR) is 35.0 cm³/mol. The molecule has 0 aliphatic rings. The van der Waals surface area contributed by atoms with E-state index in [1.165, 1.54) is 0 Å². The molecule has 1 heterocycles. The van der Waals surface area contributed by atoms with Crippen LogP contribution in [0, 0.1) is 0 Å². The molecule has 3 N–H and O–H groups in total. The molecule has 0 atom stereocenters. The van der Waals surface area contributed by atoms with E-state index in [9.17, 15) is 0 Å². The van der Waals surface area contributed by atoms with Crippen LogP contribution in [0.15, 0.2) is 30.6 Å². The summed E-state index contributed by atoms with van der Waals surface area (Å²) >= 11 is 0. The van der Waals surface area contributed by atoms with E-state index in [2.05, 4.69) is 4.98 Å². The average molecular weight is 303 g/mol. The first kappa shape index (κ1) is 10.9. The summed E-state index contributed by atoms with van der Waals surface area (Å²) < 4.78 is 0. The minimum Gasteiger partial charge on any atom is -0.344 e. The van der Waals surface area contributed by atoms with Crippen molar-refractivity contribution in [2.45, 2.75) is 0 Å². The van der Waals surface area contributed by atoms with Gasteiger partial charge < -0.3 is 6.15 Å². The summed E-state index contributed by atoms with van der Waals surface area (Å²) in [5, 5.41) is 0. The second-order valence-corrected chi connectivity index (χ2v) is 1.02. The second kappa shape index (κ2) is 7.03. The van der Waals surface area contributed by atoms with Crippen molar-refractivity contribution in [2.24, 2.45) is 0 Å². The molecule has 0 aliphatic carbocycles. The molecule has 0 spiro atoms.